The highest BCUT2D eigenvalue weighted by molar-refractivity contribution is 5.94. The second-order valence-corrected chi connectivity index (χ2v) is 6.87. The Balaban J connectivity index is 1.58. The zero-order chi connectivity index (χ0) is 20.3. The van der Waals surface area contributed by atoms with Crippen LogP contribution >= 0.6 is 0 Å². The van der Waals surface area contributed by atoms with Crippen molar-refractivity contribution in [2.24, 2.45) is 0 Å². The van der Waals surface area contributed by atoms with Gasteiger partial charge in [-0.15, -0.1) is 0 Å². The molecule has 28 heavy (non-hydrogen) atoms. The smallest absolute Gasteiger partial charge is 0.417 e. The van der Waals surface area contributed by atoms with E-state index in [1.165, 1.54) is 6.07 Å². The predicted octanol–water partition coefficient (Wildman–Crippen LogP) is 3.85. The first kappa shape index (κ1) is 20.0. The topological polar surface area (TPSA) is 45.7 Å². The van der Waals surface area contributed by atoms with Gasteiger partial charge in [0.15, 0.2) is 0 Å². The van der Waals surface area contributed by atoms with Crippen molar-refractivity contribution in [2.75, 3.05) is 31.1 Å². The second kappa shape index (κ2) is 8.08. The highest BCUT2D eigenvalue weighted by atomic mass is 19.4. The summed E-state index contributed by atoms with van der Waals surface area (Å²) in [7, 11) is 0. The highest BCUT2D eigenvalue weighted by Gasteiger charge is 2.31. The van der Waals surface area contributed by atoms with E-state index < -0.39 is 11.7 Å². The lowest BCUT2D eigenvalue weighted by molar-refractivity contribution is -0.137. The molecule has 5 nitrogen and oxygen atoms in total. The molecule has 0 bridgehead atoms. The van der Waals surface area contributed by atoms with Crippen LogP contribution in [0.15, 0.2) is 42.6 Å². The fraction of sp³-hybridized carbons (Fsp3) is 0.400. The average Bonchev–Trinajstić information content (AvgIpc) is 2.67. The molecule has 150 valence electrons. The lowest BCUT2D eigenvalue weighted by Gasteiger charge is -2.35. The number of nitrogens with zero attached hydrogens (tertiary/aromatic N) is 3. The molecule has 1 fully saturated rings. The summed E-state index contributed by atoms with van der Waals surface area (Å²) in [6.45, 7) is 5.85. The highest BCUT2D eigenvalue weighted by Crippen LogP contribution is 2.29. The number of amides is 1. The van der Waals surface area contributed by atoms with Crippen LogP contribution in [0.5, 0.6) is 5.75 Å². The number of hydrogen-bond acceptors (Lipinski definition) is 4. The van der Waals surface area contributed by atoms with Crippen LogP contribution in [0.25, 0.3) is 0 Å². The quantitative estimate of drug-likeness (QED) is 0.792. The van der Waals surface area contributed by atoms with Gasteiger partial charge in [-0.2, -0.15) is 13.2 Å². The van der Waals surface area contributed by atoms with Crippen molar-refractivity contribution in [1.82, 2.24) is 9.88 Å². The molecular formula is C20H22F3N3O2. The van der Waals surface area contributed by atoms with Crippen LogP contribution in [0, 0.1) is 0 Å². The number of aromatic nitrogens is 1. The number of anilines is 1. The number of carbonyl (C=O) groups is 1. The van der Waals surface area contributed by atoms with E-state index in [0.717, 1.165) is 12.3 Å². The van der Waals surface area contributed by atoms with Crippen molar-refractivity contribution in [1.29, 1.82) is 0 Å². The van der Waals surface area contributed by atoms with Crippen molar-refractivity contribution in [3.63, 3.8) is 0 Å². The number of ether oxygens (including phenoxy) is 1. The maximum absolute atomic E-state index is 12.7. The standard InChI is InChI=1S/C20H22F3N3O2/c1-14(2)28-17-6-3-15(4-7-17)19(27)26-11-9-25(10-12-26)18-8-5-16(13-24-18)20(21,22)23/h3-8,13-14H,9-12H2,1-2H3. The fourth-order valence-electron chi connectivity index (χ4n) is 3.01. The van der Waals surface area contributed by atoms with E-state index in [1.54, 1.807) is 29.2 Å². The van der Waals surface area contributed by atoms with Gasteiger partial charge in [0.1, 0.15) is 11.6 Å². The van der Waals surface area contributed by atoms with Crippen LogP contribution in [0.2, 0.25) is 0 Å². The van der Waals surface area contributed by atoms with Gasteiger partial charge >= 0.3 is 6.18 Å². The molecule has 0 spiro atoms. The first-order valence-corrected chi connectivity index (χ1v) is 9.08. The van der Waals surface area contributed by atoms with E-state index in [4.69, 9.17) is 4.74 Å². The van der Waals surface area contributed by atoms with Crippen molar-refractivity contribution in [3.05, 3.63) is 53.7 Å². The average molecular weight is 393 g/mol. The van der Waals surface area contributed by atoms with Crippen LogP contribution < -0.4 is 9.64 Å². The molecule has 1 aromatic carbocycles. The van der Waals surface area contributed by atoms with Crippen molar-refractivity contribution >= 4 is 11.7 Å². The van der Waals surface area contributed by atoms with E-state index in [1.807, 2.05) is 18.7 Å². The molecule has 0 unspecified atom stereocenters. The van der Waals surface area contributed by atoms with Gasteiger partial charge in [-0.05, 0) is 50.2 Å². The molecule has 1 aliphatic rings. The number of carbonyl (C=O) groups excluding carboxylic acids is 1. The number of pyridine rings is 1. The number of hydrogen-bond donors (Lipinski definition) is 0. The Bertz CT molecular complexity index is 797. The van der Waals surface area contributed by atoms with Gasteiger partial charge in [-0.25, -0.2) is 4.98 Å². The monoisotopic (exact) mass is 393 g/mol. The zero-order valence-electron chi connectivity index (χ0n) is 15.7. The summed E-state index contributed by atoms with van der Waals surface area (Å²) in [5.74, 6) is 1.12. The third-order valence-electron chi connectivity index (χ3n) is 4.44. The first-order valence-electron chi connectivity index (χ1n) is 9.08. The molecule has 8 heteroatoms. The van der Waals surface area contributed by atoms with E-state index >= 15 is 0 Å². The largest absolute Gasteiger partial charge is 0.491 e. The fourth-order valence-corrected chi connectivity index (χ4v) is 3.01. The number of piperazine rings is 1. The summed E-state index contributed by atoms with van der Waals surface area (Å²) >= 11 is 0. The maximum atomic E-state index is 12.7. The summed E-state index contributed by atoms with van der Waals surface area (Å²) < 4.78 is 43.5. The third kappa shape index (κ3) is 4.74. The Hall–Kier alpha value is -2.77. The van der Waals surface area contributed by atoms with Crippen molar-refractivity contribution in [2.45, 2.75) is 26.1 Å². The molecule has 0 aliphatic carbocycles. The normalized spacial score (nSPS) is 15.1. The van der Waals surface area contributed by atoms with E-state index in [2.05, 4.69) is 4.98 Å². The minimum absolute atomic E-state index is 0.0634. The molecule has 1 saturated heterocycles. The lowest BCUT2D eigenvalue weighted by atomic mass is 10.1. The van der Waals surface area contributed by atoms with Crippen LogP contribution in [0.1, 0.15) is 29.8 Å². The Morgan fingerprint density at radius 3 is 2.18 bits per heavy atom. The van der Waals surface area contributed by atoms with Crippen molar-refractivity contribution in [3.8, 4) is 5.75 Å². The molecule has 0 radical (unpaired) electrons. The molecular weight excluding hydrogens is 371 g/mol. The molecule has 0 saturated carbocycles. The van der Waals surface area contributed by atoms with E-state index in [9.17, 15) is 18.0 Å². The molecule has 2 heterocycles. The summed E-state index contributed by atoms with van der Waals surface area (Å²) in [6.07, 6.45) is -3.49. The number of benzene rings is 1. The molecule has 1 amide bonds. The van der Waals surface area contributed by atoms with Gasteiger partial charge in [0, 0.05) is 37.9 Å². The Morgan fingerprint density at radius 1 is 1.04 bits per heavy atom. The number of rotatable bonds is 4. The third-order valence-corrected chi connectivity index (χ3v) is 4.44. The molecule has 1 aromatic heterocycles. The minimum Gasteiger partial charge on any atom is -0.491 e. The summed E-state index contributed by atoms with van der Waals surface area (Å²) in [5.41, 5.74) is -0.188. The Morgan fingerprint density at radius 2 is 1.68 bits per heavy atom. The second-order valence-electron chi connectivity index (χ2n) is 6.87. The van der Waals surface area contributed by atoms with Crippen LogP contribution in [0.4, 0.5) is 19.0 Å². The van der Waals surface area contributed by atoms with Gasteiger partial charge in [-0.3, -0.25) is 4.79 Å². The van der Waals surface area contributed by atoms with Gasteiger partial charge in [-0.1, -0.05) is 0 Å². The molecule has 2 aromatic rings. The minimum atomic E-state index is -4.40. The summed E-state index contributed by atoms with van der Waals surface area (Å²) in [4.78, 5) is 20.2. The maximum Gasteiger partial charge on any atom is 0.417 e. The van der Waals surface area contributed by atoms with Gasteiger partial charge in [0.05, 0.1) is 11.7 Å². The Labute approximate surface area is 161 Å². The molecule has 0 N–H and O–H groups in total. The molecule has 3 rings (SSSR count). The summed E-state index contributed by atoms with van der Waals surface area (Å²) in [5, 5.41) is 0. The van der Waals surface area contributed by atoms with E-state index in [-0.39, 0.29) is 12.0 Å². The van der Waals surface area contributed by atoms with Gasteiger partial charge in [0.25, 0.3) is 5.91 Å². The van der Waals surface area contributed by atoms with Crippen LogP contribution in [-0.4, -0.2) is 48.1 Å². The van der Waals surface area contributed by atoms with Crippen LogP contribution in [0.3, 0.4) is 0 Å². The first-order chi connectivity index (χ1) is 13.2. The predicted molar refractivity (Wildman–Crippen MR) is 99.6 cm³/mol. The zero-order valence-corrected chi connectivity index (χ0v) is 15.7. The van der Waals surface area contributed by atoms with E-state index in [0.29, 0.717) is 43.3 Å². The molecule has 1 aliphatic heterocycles. The van der Waals surface area contributed by atoms with Gasteiger partial charge < -0.3 is 14.5 Å². The lowest BCUT2D eigenvalue weighted by Crippen LogP contribution is -2.49. The Kier molecular flexibility index (Phi) is 5.76. The summed E-state index contributed by atoms with van der Waals surface area (Å²) in [6, 6.07) is 9.42. The molecule has 0 atom stereocenters. The number of alkyl halides is 3. The van der Waals surface area contributed by atoms with Crippen molar-refractivity contribution < 1.29 is 22.7 Å². The van der Waals surface area contributed by atoms with Gasteiger partial charge in [0.2, 0.25) is 0 Å². The number of halogens is 3. The SMILES string of the molecule is CC(C)Oc1ccc(C(=O)N2CCN(c3ccc(C(F)(F)F)cn3)CC2)cc1. The van der Waals surface area contributed by atoms with Crippen LogP contribution in [-0.2, 0) is 6.18 Å².